The van der Waals surface area contributed by atoms with Gasteiger partial charge < -0.3 is 9.30 Å². The molecule has 7 heteroatoms. The average Bonchev–Trinajstić information content (AvgIpc) is 3.23. The van der Waals surface area contributed by atoms with Gasteiger partial charge in [-0.15, -0.1) is 0 Å². The molecule has 0 saturated carbocycles. The van der Waals surface area contributed by atoms with Crippen molar-refractivity contribution >= 4 is 44.6 Å². The van der Waals surface area contributed by atoms with Gasteiger partial charge in [0.25, 0.3) is 0 Å². The maximum atomic E-state index is 14.9. The highest BCUT2D eigenvalue weighted by atomic mass is 79.9. The molecule has 0 aliphatic heterocycles. The van der Waals surface area contributed by atoms with Gasteiger partial charge in [0, 0.05) is 10.0 Å². The van der Waals surface area contributed by atoms with Crippen LogP contribution < -0.4 is 4.74 Å². The molecule has 0 spiro atoms. The van der Waals surface area contributed by atoms with Crippen LogP contribution in [-0.2, 0) is 11.3 Å². The van der Waals surface area contributed by atoms with Gasteiger partial charge in [-0.1, -0.05) is 76.6 Å². The third kappa shape index (κ3) is 4.83. The number of esters is 1. The molecule has 0 aliphatic rings. The van der Waals surface area contributed by atoms with Gasteiger partial charge in [-0.2, -0.15) is 0 Å². The van der Waals surface area contributed by atoms with Crippen LogP contribution in [0.3, 0.4) is 0 Å². The lowest BCUT2D eigenvalue weighted by atomic mass is 10.0. The normalized spacial score (nSPS) is 11.6. The van der Waals surface area contributed by atoms with Crippen LogP contribution >= 0.6 is 15.9 Å². The van der Waals surface area contributed by atoms with Crippen molar-refractivity contribution in [3.05, 3.63) is 130 Å². The standard InChI is InChI=1S/C29H19BrF2N2O2/c30-22-11-3-1-9-19(22)18-34-26-15-7-6-14-25(26)33-28(34)17-21(20-10-2-4-12-23(20)31)29(35)36-27-16-8-5-13-24(27)32/h1-17H,18H2/b21-17+. The zero-order chi connectivity index (χ0) is 25.1. The first-order valence-corrected chi connectivity index (χ1v) is 11.9. The molecule has 36 heavy (non-hydrogen) atoms. The average molecular weight is 545 g/mol. The first-order chi connectivity index (χ1) is 17.5. The summed E-state index contributed by atoms with van der Waals surface area (Å²) in [6.45, 7) is 0.445. The highest BCUT2D eigenvalue weighted by molar-refractivity contribution is 9.10. The zero-order valence-corrected chi connectivity index (χ0v) is 20.5. The van der Waals surface area contributed by atoms with Gasteiger partial charge in [0.15, 0.2) is 11.6 Å². The Morgan fingerprint density at radius 3 is 2.31 bits per heavy atom. The van der Waals surface area contributed by atoms with Crippen LogP contribution in [0, 0.1) is 11.6 Å². The molecule has 178 valence electrons. The fraction of sp³-hybridized carbons (Fsp3) is 0.0345. The lowest BCUT2D eigenvalue weighted by Gasteiger charge is -2.12. The number of carbonyl (C=O) groups is 1. The molecule has 0 N–H and O–H groups in total. The van der Waals surface area contributed by atoms with Crippen molar-refractivity contribution in [3.8, 4) is 5.75 Å². The van der Waals surface area contributed by atoms with Crippen molar-refractivity contribution in [2.45, 2.75) is 6.54 Å². The smallest absolute Gasteiger partial charge is 0.344 e. The molecule has 0 unspecified atom stereocenters. The van der Waals surface area contributed by atoms with Crippen molar-refractivity contribution in [2.24, 2.45) is 0 Å². The van der Waals surface area contributed by atoms with Gasteiger partial charge in [0.1, 0.15) is 11.6 Å². The number of fused-ring (bicyclic) bond motifs is 1. The molecule has 0 fully saturated rings. The number of ether oxygens (including phenoxy) is 1. The Kier molecular flexibility index (Phi) is 6.73. The van der Waals surface area contributed by atoms with E-state index in [1.165, 1.54) is 42.5 Å². The van der Waals surface area contributed by atoms with Crippen LogP contribution in [-0.4, -0.2) is 15.5 Å². The van der Waals surface area contributed by atoms with E-state index in [1.807, 2.05) is 53.1 Å². The molecule has 5 aromatic rings. The molecule has 0 bridgehead atoms. The van der Waals surface area contributed by atoms with Gasteiger partial charge in [0.05, 0.1) is 23.2 Å². The third-order valence-corrected chi connectivity index (χ3v) is 6.44. The van der Waals surface area contributed by atoms with Crippen LogP contribution in [0.1, 0.15) is 17.0 Å². The van der Waals surface area contributed by atoms with Crippen LogP contribution in [0.2, 0.25) is 0 Å². The molecule has 1 aromatic heterocycles. The Hall–Kier alpha value is -4.10. The van der Waals surface area contributed by atoms with E-state index in [2.05, 4.69) is 15.9 Å². The van der Waals surface area contributed by atoms with E-state index in [4.69, 9.17) is 9.72 Å². The molecule has 1 heterocycles. The molecule has 0 aliphatic carbocycles. The van der Waals surface area contributed by atoms with E-state index < -0.39 is 17.6 Å². The predicted molar refractivity (Wildman–Crippen MR) is 139 cm³/mol. The summed E-state index contributed by atoms with van der Waals surface area (Å²) in [5.41, 5.74) is 2.50. The maximum absolute atomic E-state index is 14.9. The third-order valence-electron chi connectivity index (χ3n) is 5.67. The number of halogens is 3. The SMILES string of the molecule is O=C(Oc1ccccc1F)/C(=C/c1nc2ccccc2n1Cc1ccccc1Br)c1ccccc1F. The lowest BCUT2D eigenvalue weighted by Crippen LogP contribution is -2.13. The fourth-order valence-electron chi connectivity index (χ4n) is 3.91. The van der Waals surface area contributed by atoms with Crippen LogP contribution in [0.4, 0.5) is 8.78 Å². The number of nitrogens with zero attached hydrogens (tertiary/aromatic N) is 2. The lowest BCUT2D eigenvalue weighted by molar-refractivity contribution is -0.128. The first-order valence-electron chi connectivity index (χ1n) is 11.1. The fourth-order valence-corrected chi connectivity index (χ4v) is 4.32. The number of imidazole rings is 1. The second-order valence-electron chi connectivity index (χ2n) is 7.99. The molecule has 4 aromatic carbocycles. The van der Waals surface area contributed by atoms with Gasteiger partial charge in [-0.05, 0) is 48.0 Å². The Balaban J connectivity index is 1.66. The maximum Gasteiger partial charge on any atom is 0.344 e. The number of benzene rings is 4. The van der Waals surface area contributed by atoms with Crippen molar-refractivity contribution in [1.29, 1.82) is 0 Å². The minimum absolute atomic E-state index is 0.0262. The summed E-state index contributed by atoms with van der Waals surface area (Å²) in [6, 6.07) is 26.8. The van der Waals surface area contributed by atoms with Crippen LogP contribution in [0.25, 0.3) is 22.7 Å². The minimum Gasteiger partial charge on any atom is -0.420 e. The van der Waals surface area contributed by atoms with Crippen LogP contribution in [0.5, 0.6) is 5.75 Å². The summed E-state index contributed by atoms with van der Waals surface area (Å²) in [5.74, 6) is -2.02. The molecule has 0 amide bonds. The topological polar surface area (TPSA) is 44.1 Å². The second-order valence-corrected chi connectivity index (χ2v) is 8.85. The number of hydrogen-bond donors (Lipinski definition) is 0. The molecule has 4 nitrogen and oxygen atoms in total. The molecule has 0 saturated heterocycles. The highest BCUT2D eigenvalue weighted by Crippen LogP contribution is 2.28. The summed E-state index contributed by atoms with van der Waals surface area (Å²) < 4.78 is 37.3. The van der Waals surface area contributed by atoms with E-state index in [0.717, 1.165) is 15.6 Å². The summed E-state index contributed by atoms with van der Waals surface area (Å²) in [7, 11) is 0. The minimum atomic E-state index is -0.898. The molecule has 0 atom stereocenters. The van der Waals surface area contributed by atoms with E-state index in [9.17, 15) is 13.6 Å². The summed E-state index contributed by atoms with van der Waals surface area (Å²) in [6.07, 6.45) is 1.48. The first kappa shape index (κ1) is 23.6. The highest BCUT2D eigenvalue weighted by Gasteiger charge is 2.21. The molecule has 5 rings (SSSR count). The monoisotopic (exact) mass is 544 g/mol. The van der Waals surface area contributed by atoms with Crippen molar-refractivity contribution < 1.29 is 18.3 Å². The van der Waals surface area contributed by atoms with Crippen molar-refractivity contribution in [1.82, 2.24) is 9.55 Å². The second kappa shape index (κ2) is 10.3. The van der Waals surface area contributed by atoms with Gasteiger partial charge in [0.2, 0.25) is 0 Å². The van der Waals surface area contributed by atoms with Gasteiger partial charge >= 0.3 is 5.97 Å². The number of carbonyl (C=O) groups excluding carboxylic acids is 1. The molecule has 0 radical (unpaired) electrons. The molecular formula is C29H19BrF2N2O2. The Morgan fingerprint density at radius 1 is 0.861 bits per heavy atom. The number of hydrogen-bond acceptors (Lipinski definition) is 3. The number of aromatic nitrogens is 2. The Labute approximate surface area is 214 Å². The van der Waals surface area contributed by atoms with E-state index in [0.29, 0.717) is 17.9 Å². The Bertz CT molecular complexity index is 1610. The van der Waals surface area contributed by atoms with Crippen molar-refractivity contribution in [3.63, 3.8) is 0 Å². The summed E-state index contributed by atoms with van der Waals surface area (Å²) in [4.78, 5) is 18.0. The van der Waals surface area contributed by atoms with Gasteiger partial charge in [-0.3, -0.25) is 0 Å². The number of rotatable bonds is 6. The van der Waals surface area contributed by atoms with E-state index in [1.54, 1.807) is 12.1 Å². The number of para-hydroxylation sites is 3. The van der Waals surface area contributed by atoms with E-state index in [-0.39, 0.29) is 16.9 Å². The largest absolute Gasteiger partial charge is 0.420 e. The van der Waals surface area contributed by atoms with E-state index >= 15 is 0 Å². The predicted octanol–water partition coefficient (Wildman–Crippen LogP) is 7.27. The van der Waals surface area contributed by atoms with Crippen LogP contribution in [0.15, 0.2) is 102 Å². The van der Waals surface area contributed by atoms with Crippen molar-refractivity contribution in [2.75, 3.05) is 0 Å². The zero-order valence-electron chi connectivity index (χ0n) is 18.9. The van der Waals surface area contributed by atoms with Gasteiger partial charge in [-0.25, -0.2) is 18.6 Å². The molecular weight excluding hydrogens is 526 g/mol. The quantitative estimate of drug-likeness (QED) is 0.128. The Morgan fingerprint density at radius 2 is 1.53 bits per heavy atom. The summed E-state index contributed by atoms with van der Waals surface area (Å²) >= 11 is 3.59. The summed E-state index contributed by atoms with van der Waals surface area (Å²) in [5, 5.41) is 0.